The van der Waals surface area contributed by atoms with Gasteiger partial charge in [-0.25, -0.2) is 0 Å². The van der Waals surface area contributed by atoms with Crippen LogP contribution < -0.4 is 4.74 Å². The fourth-order valence-electron chi connectivity index (χ4n) is 2.27. The number of ether oxygens (including phenoxy) is 3. The van der Waals surface area contributed by atoms with Gasteiger partial charge in [-0.2, -0.15) is 0 Å². The molecule has 0 radical (unpaired) electrons. The molecule has 0 aromatic heterocycles. The maximum Gasteiger partial charge on any atom is 0.320 e. The van der Waals surface area contributed by atoms with Crippen LogP contribution in [-0.4, -0.2) is 32.8 Å². The Balaban J connectivity index is 3.16. The molecule has 5 nitrogen and oxygen atoms in total. The third-order valence-corrected chi connectivity index (χ3v) is 4.12. The van der Waals surface area contributed by atoms with Crippen LogP contribution in [0.2, 0.25) is 0 Å². The number of rotatable bonds is 8. The minimum atomic E-state index is -1.03. The van der Waals surface area contributed by atoms with Gasteiger partial charge in [-0.3, -0.25) is 9.59 Å². The van der Waals surface area contributed by atoms with Gasteiger partial charge in [0.25, 0.3) is 0 Å². The normalized spacial score (nSPS) is 11.9. The van der Waals surface area contributed by atoms with Gasteiger partial charge < -0.3 is 14.2 Å². The predicted octanol–water partition coefficient (Wildman–Crippen LogP) is 3.69. The van der Waals surface area contributed by atoms with Crippen LogP contribution in [0.1, 0.15) is 38.2 Å². The molecule has 1 atom stereocenters. The van der Waals surface area contributed by atoms with Crippen LogP contribution in [0.3, 0.4) is 0 Å². The summed E-state index contributed by atoms with van der Waals surface area (Å²) in [6, 6.07) is 5.55. The molecule has 1 unspecified atom stereocenters. The van der Waals surface area contributed by atoms with Crippen LogP contribution in [0, 0.1) is 5.92 Å². The monoisotopic (exact) mass is 386 g/mol. The van der Waals surface area contributed by atoms with E-state index in [9.17, 15) is 9.59 Å². The molecule has 0 bridgehead atoms. The molecule has 0 amide bonds. The number of carbonyl (C=O) groups excluding carboxylic acids is 2. The Morgan fingerprint density at radius 3 is 2.30 bits per heavy atom. The quantitative estimate of drug-likeness (QED) is 0.387. The highest BCUT2D eigenvalue weighted by Gasteiger charge is 2.36. The zero-order valence-corrected chi connectivity index (χ0v) is 15.5. The first-order valence-corrected chi connectivity index (χ1v) is 8.33. The zero-order valence-electron chi connectivity index (χ0n) is 13.9. The lowest BCUT2D eigenvalue weighted by molar-refractivity contribution is -0.159. The highest BCUT2D eigenvalue weighted by atomic mass is 79.9. The van der Waals surface area contributed by atoms with Crippen LogP contribution >= 0.6 is 15.9 Å². The summed E-state index contributed by atoms with van der Waals surface area (Å²) in [5.41, 5.74) is 0.760. The van der Waals surface area contributed by atoms with Crippen LogP contribution in [0.15, 0.2) is 22.7 Å². The van der Waals surface area contributed by atoms with Crippen molar-refractivity contribution in [2.24, 2.45) is 5.92 Å². The maximum absolute atomic E-state index is 12.0. The molecule has 0 aliphatic carbocycles. The van der Waals surface area contributed by atoms with Gasteiger partial charge in [0, 0.05) is 10.4 Å². The van der Waals surface area contributed by atoms with Crippen molar-refractivity contribution in [3.63, 3.8) is 0 Å². The van der Waals surface area contributed by atoms with Gasteiger partial charge >= 0.3 is 11.9 Å². The Bertz CT molecular complexity index is 528. The summed E-state index contributed by atoms with van der Waals surface area (Å²) in [6.45, 7) is 4.45. The van der Waals surface area contributed by atoms with E-state index in [4.69, 9.17) is 14.2 Å². The van der Waals surface area contributed by atoms with Crippen molar-refractivity contribution in [1.29, 1.82) is 0 Å². The molecule has 1 rings (SSSR count). The number of unbranched alkanes of at least 4 members (excludes halogenated alkanes) is 1. The number of carbonyl (C=O) groups is 2. The molecule has 23 heavy (non-hydrogen) atoms. The van der Waals surface area contributed by atoms with Gasteiger partial charge in [-0.05, 0) is 30.2 Å². The number of halogens is 1. The van der Waals surface area contributed by atoms with Crippen LogP contribution in [0.4, 0.5) is 0 Å². The lowest BCUT2D eigenvalue weighted by Crippen LogP contribution is -2.31. The van der Waals surface area contributed by atoms with Crippen molar-refractivity contribution in [2.75, 3.05) is 20.8 Å². The average Bonchev–Trinajstić information content (AvgIpc) is 2.55. The van der Waals surface area contributed by atoms with E-state index in [-0.39, 0.29) is 0 Å². The molecule has 0 spiro atoms. The summed E-state index contributed by atoms with van der Waals surface area (Å²) in [6.07, 6.45) is 1.95. The van der Waals surface area contributed by atoms with Crippen LogP contribution in [0.25, 0.3) is 0 Å². The number of hydrogen-bond acceptors (Lipinski definition) is 5. The topological polar surface area (TPSA) is 61.8 Å². The molecule has 0 aliphatic heterocycles. The number of hydrogen-bond donors (Lipinski definition) is 0. The SMILES string of the molecule is CCCCOc1ccc(Br)cc1C(C)C(C(=O)OC)C(=O)OC. The van der Waals surface area contributed by atoms with E-state index in [1.165, 1.54) is 14.2 Å². The molecular formula is C17H23BrO5. The van der Waals surface area contributed by atoms with Crippen molar-refractivity contribution in [2.45, 2.75) is 32.6 Å². The van der Waals surface area contributed by atoms with Gasteiger partial charge in [0.15, 0.2) is 5.92 Å². The molecular weight excluding hydrogens is 364 g/mol. The second kappa shape index (κ2) is 9.55. The molecule has 128 valence electrons. The van der Waals surface area contributed by atoms with Crippen LogP contribution in [0.5, 0.6) is 5.75 Å². The third kappa shape index (κ3) is 5.23. The summed E-state index contributed by atoms with van der Waals surface area (Å²) in [5, 5.41) is 0. The summed E-state index contributed by atoms with van der Waals surface area (Å²) < 4.78 is 16.2. The van der Waals surface area contributed by atoms with Crippen molar-refractivity contribution in [1.82, 2.24) is 0 Å². The van der Waals surface area contributed by atoms with Crippen molar-refractivity contribution in [3.8, 4) is 5.75 Å². The number of benzene rings is 1. The molecule has 0 saturated heterocycles. The van der Waals surface area contributed by atoms with Crippen molar-refractivity contribution < 1.29 is 23.8 Å². The summed E-state index contributed by atoms with van der Waals surface area (Å²) in [7, 11) is 2.51. The summed E-state index contributed by atoms with van der Waals surface area (Å²) in [4.78, 5) is 24.0. The molecule has 0 saturated carbocycles. The Morgan fingerprint density at radius 1 is 1.17 bits per heavy atom. The van der Waals surface area contributed by atoms with Gasteiger partial charge in [-0.15, -0.1) is 0 Å². The first-order chi connectivity index (χ1) is 11.0. The van der Waals surface area contributed by atoms with E-state index in [0.29, 0.717) is 12.4 Å². The first kappa shape index (κ1) is 19.5. The van der Waals surface area contributed by atoms with E-state index in [2.05, 4.69) is 22.9 Å². The maximum atomic E-state index is 12.0. The number of methoxy groups -OCH3 is 2. The summed E-state index contributed by atoms with van der Waals surface area (Å²) in [5.74, 6) is -2.06. The second-order valence-electron chi connectivity index (χ2n) is 5.20. The minimum absolute atomic E-state index is 0.441. The van der Waals surface area contributed by atoms with E-state index in [0.717, 1.165) is 22.9 Å². The molecule has 6 heteroatoms. The summed E-state index contributed by atoms with van der Waals surface area (Å²) >= 11 is 3.42. The third-order valence-electron chi connectivity index (χ3n) is 3.63. The lowest BCUT2D eigenvalue weighted by atomic mass is 9.87. The fraction of sp³-hybridized carbons (Fsp3) is 0.529. The van der Waals surface area contributed by atoms with E-state index in [1.54, 1.807) is 6.92 Å². The Labute approximate surface area is 145 Å². The van der Waals surface area contributed by atoms with Crippen molar-refractivity contribution in [3.05, 3.63) is 28.2 Å². The van der Waals surface area contributed by atoms with E-state index < -0.39 is 23.8 Å². The zero-order chi connectivity index (χ0) is 17.4. The first-order valence-electron chi connectivity index (χ1n) is 7.54. The standard InChI is InChI=1S/C17H23BrO5/c1-5-6-9-23-14-8-7-12(18)10-13(14)11(2)15(16(19)21-3)17(20)22-4/h7-8,10-11,15H,5-6,9H2,1-4H3. The predicted molar refractivity (Wildman–Crippen MR) is 90.5 cm³/mol. The molecule has 1 aromatic rings. The Morgan fingerprint density at radius 2 is 1.78 bits per heavy atom. The van der Waals surface area contributed by atoms with E-state index in [1.807, 2.05) is 18.2 Å². The number of esters is 2. The van der Waals surface area contributed by atoms with Gasteiger partial charge in [0.2, 0.25) is 0 Å². The molecule has 0 N–H and O–H groups in total. The van der Waals surface area contributed by atoms with Gasteiger partial charge in [0.1, 0.15) is 5.75 Å². The van der Waals surface area contributed by atoms with Crippen molar-refractivity contribution >= 4 is 27.9 Å². The molecule has 1 aromatic carbocycles. The Hall–Kier alpha value is -1.56. The average molecular weight is 387 g/mol. The lowest BCUT2D eigenvalue weighted by Gasteiger charge is -2.22. The smallest absolute Gasteiger partial charge is 0.320 e. The molecule has 0 aliphatic rings. The van der Waals surface area contributed by atoms with Crippen LogP contribution in [-0.2, 0) is 19.1 Å². The van der Waals surface area contributed by atoms with Gasteiger partial charge in [0.05, 0.1) is 20.8 Å². The largest absolute Gasteiger partial charge is 0.493 e. The Kier molecular flexibility index (Phi) is 8.09. The van der Waals surface area contributed by atoms with Gasteiger partial charge in [-0.1, -0.05) is 36.2 Å². The second-order valence-corrected chi connectivity index (χ2v) is 6.11. The molecule has 0 heterocycles. The molecule has 0 fully saturated rings. The fourth-order valence-corrected chi connectivity index (χ4v) is 2.65. The highest BCUT2D eigenvalue weighted by Crippen LogP contribution is 2.35. The minimum Gasteiger partial charge on any atom is -0.493 e. The highest BCUT2D eigenvalue weighted by molar-refractivity contribution is 9.10. The van der Waals surface area contributed by atoms with E-state index >= 15 is 0 Å².